The smallest absolute Gasteiger partial charge is 0.387 e. The van der Waals surface area contributed by atoms with Gasteiger partial charge in [-0.2, -0.15) is 0 Å². The van der Waals surface area contributed by atoms with Crippen molar-refractivity contribution in [3.05, 3.63) is 97.2 Å². The Labute approximate surface area is 362 Å². The van der Waals surface area contributed by atoms with Gasteiger partial charge in [-0.1, -0.05) is 169 Å². The van der Waals surface area contributed by atoms with Crippen LogP contribution in [0.25, 0.3) is 0 Å². The lowest BCUT2D eigenvalue weighted by Crippen LogP contribution is -2.45. The summed E-state index contributed by atoms with van der Waals surface area (Å²) in [5.74, 6) is -0.234. The molecule has 8 nitrogen and oxygen atoms in total. The van der Waals surface area contributed by atoms with Gasteiger partial charge in [0, 0.05) is 6.42 Å². The maximum Gasteiger partial charge on any atom is 0.472 e. The number of phosphoric acid groups is 1. The van der Waals surface area contributed by atoms with Crippen molar-refractivity contribution < 1.29 is 32.9 Å². The average Bonchev–Trinajstić information content (AvgIpc) is 3.19. The maximum absolute atomic E-state index is 12.9. The van der Waals surface area contributed by atoms with Gasteiger partial charge in [0.15, 0.2) is 0 Å². The maximum atomic E-state index is 12.9. The first-order chi connectivity index (χ1) is 28.5. The molecule has 3 atom stereocenters. The van der Waals surface area contributed by atoms with Gasteiger partial charge in [0.1, 0.15) is 13.2 Å². The summed E-state index contributed by atoms with van der Waals surface area (Å²) in [6.07, 6.45) is 57.7. The highest BCUT2D eigenvalue weighted by atomic mass is 31.2. The largest absolute Gasteiger partial charge is 0.472 e. The minimum absolute atomic E-state index is 0.0419. The molecule has 338 valence electrons. The normalized spacial score (nSPS) is 15.2. The molecular weight excluding hydrogens is 756 g/mol. The van der Waals surface area contributed by atoms with E-state index in [0.717, 1.165) is 70.6 Å². The Bertz CT molecular complexity index is 1280. The third-order valence-electron chi connectivity index (χ3n) is 9.54. The average molecular weight is 844 g/mol. The molecule has 0 aromatic rings. The van der Waals surface area contributed by atoms with Gasteiger partial charge in [-0.25, -0.2) is 4.57 Å². The lowest BCUT2D eigenvalue weighted by Gasteiger charge is -2.25. The van der Waals surface area contributed by atoms with Crippen molar-refractivity contribution in [3.8, 4) is 0 Å². The number of hydrogen-bond donors (Lipinski definition) is 3. The van der Waals surface area contributed by atoms with Crippen LogP contribution >= 0.6 is 7.82 Å². The summed E-state index contributed by atoms with van der Waals surface area (Å²) in [4.78, 5) is 23.1. The standard InChI is InChI=1S/C50H87N2O6P/c1-6-8-10-12-14-16-18-20-22-24-25-26-27-28-30-32-34-36-38-40-42-44-50(54)51-48(47-58-59(55,56)57-46-45-52(3,4)5)49(53)43-41-39-37-35-33-31-29-23-21-19-17-15-13-11-9-7-2/h8,10,14,16,20,22,25-26,28,30,33-36,41,43,48-49,53H,6-7,9,11-13,15,17-19,21,23-24,27,29,31-32,37-40,42,44-47H2,1-5H3,(H-,51,54,55,56)/p+1/b10-8-,16-14-,22-20-,26-25-,30-28-,35-33+,36-34-,43-41+. The van der Waals surface area contributed by atoms with Crippen LogP contribution < -0.4 is 5.32 Å². The van der Waals surface area contributed by atoms with Crippen LogP contribution in [-0.2, 0) is 18.4 Å². The van der Waals surface area contributed by atoms with Gasteiger partial charge in [0.25, 0.3) is 0 Å². The number of amides is 1. The van der Waals surface area contributed by atoms with Crippen LogP contribution in [0.1, 0.15) is 162 Å². The zero-order valence-electron chi connectivity index (χ0n) is 38.2. The zero-order chi connectivity index (χ0) is 43.6. The Morgan fingerprint density at radius 1 is 0.593 bits per heavy atom. The fourth-order valence-corrected chi connectivity index (χ4v) is 6.62. The molecule has 0 aromatic carbocycles. The van der Waals surface area contributed by atoms with Crippen molar-refractivity contribution in [1.82, 2.24) is 5.32 Å². The fourth-order valence-electron chi connectivity index (χ4n) is 5.88. The molecule has 0 spiro atoms. The molecule has 59 heavy (non-hydrogen) atoms. The fraction of sp³-hybridized carbons (Fsp3) is 0.660. The number of hydrogen-bond acceptors (Lipinski definition) is 5. The molecule has 0 saturated carbocycles. The first-order valence-corrected chi connectivity index (χ1v) is 24.6. The molecule has 0 aromatic heterocycles. The van der Waals surface area contributed by atoms with E-state index in [1.54, 1.807) is 6.08 Å². The SMILES string of the molecule is CC/C=C\C/C=C\C/C=C\C/C=C\C/C=C\C/C=C\CCCCC(=O)NC(COP(=O)(O)OCC[N+](C)(C)C)C(O)/C=C/CC/C=C/CCCCCCCCCCCC. The van der Waals surface area contributed by atoms with Gasteiger partial charge in [0.05, 0.1) is 39.9 Å². The van der Waals surface area contributed by atoms with E-state index in [2.05, 4.69) is 104 Å². The highest BCUT2D eigenvalue weighted by molar-refractivity contribution is 7.47. The van der Waals surface area contributed by atoms with E-state index in [1.807, 2.05) is 27.2 Å². The summed E-state index contributed by atoms with van der Waals surface area (Å²) >= 11 is 0. The third kappa shape index (κ3) is 43.3. The van der Waals surface area contributed by atoms with Crippen LogP contribution in [0.5, 0.6) is 0 Å². The van der Waals surface area contributed by atoms with E-state index < -0.39 is 20.0 Å². The van der Waals surface area contributed by atoms with E-state index in [-0.39, 0.29) is 25.5 Å². The first kappa shape index (κ1) is 56.4. The molecule has 0 saturated heterocycles. The Balaban J connectivity index is 4.56. The van der Waals surface area contributed by atoms with E-state index in [4.69, 9.17) is 9.05 Å². The molecule has 0 fully saturated rings. The van der Waals surface area contributed by atoms with E-state index >= 15 is 0 Å². The predicted molar refractivity (Wildman–Crippen MR) is 253 cm³/mol. The number of quaternary nitrogens is 1. The molecule has 0 aliphatic carbocycles. The molecule has 0 bridgehead atoms. The van der Waals surface area contributed by atoms with Crippen molar-refractivity contribution in [2.75, 3.05) is 40.9 Å². The monoisotopic (exact) mass is 844 g/mol. The number of likely N-dealkylation sites (N-methyl/N-ethyl adjacent to an activating group) is 1. The minimum Gasteiger partial charge on any atom is -0.387 e. The Kier molecular flexibility index (Phi) is 39.0. The highest BCUT2D eigenvalue weighted by Crippen LogP contribution is 2.43. The van der Waals surface area contributed by atoms with E-state index in [1.165, 1.54) is 64.2 Å². The number of aliphatic hydroxyl groups is 1. The molecule has 0 radical (unpaired) electrons. The molecule has 0 aliphatic heterocycles. The second-order valence-corrected chi connectivity index (χ2v) is 17.8. The summed E-state index contributed by atoms with van der Waals surface area (Å²) in [6.45, 7) is 4.62. The highest BCUT2D eigenvalue weighted by Gasteiger charge is 2.27. The Morgan fingerprint density at radius 2 is 1.03 bits per heavy atom. The van der Waals surface area contributed by atoms with Gasteiger partial charge in [-0.3, -0.25) is 13.8 Å². The number of nitrogens with one attached hydrogen (secondary N) is 1. The van der Waals surface area contributed by atoms with Crippen LogP contribution in [0.15, 0.2) is 97.2 Å². The van der Waals surface area contributed by atoms with Crippen LogP contribution in [0.3, 0.4) is 0 Å². The third-order valence-corrected chi connectivity index (χ3v) is 10.5. The minimum atomic E-state index is -4.37. The topological polar surface area (TPSA) is 105 Å². The number of nitrogens with zero attached hydrogens (tertiary/aromatic N) is 1. The van der Waals surface area contributed by atoms with Gasteiger partial charge in [-0.05, 0) is 83.5 Å². The molecule has 3 unspecified atom stereocenters. The zero-order valence-corrected chi connectivity index (χ0v) is 39.1. The molecule has 9 heteroatoms. The van der Waals surface area contributed by atoms with E-state index in [9.17, 15) is 19.4 Å². The van der Waals surface area contributed by atoms with Crippen molar-refractivity contribution in [1.29, 1.82) is 0 Å². The van der Waals surface area contributed by atoms with Crippen molar-refractivity contribution in [3.63, 3.8) is 0 Å². The summed E-state index contributed by atoms with van der Waals surface area (Å²) < 4.78 is 23.5. The lowest BCUT2D eigenvalue weighted by atomic mass is 10.1. The molecule has 1 amide bonds. The molecule has 3 N–H and O–H groups in total. The van der Waals surface area contributed by atoms with Gasteiger partial charge >= 0.3 is 7.82 Å². The van der Waals surface area contributed by atoms with Gasteiger partial charge < -0.3 is 19.8 Å². The number of phosphoric ester groups is 1. The van der Waals surface area contributed by atoms with Crippen molar-refractivity contribution >= 4 is 13.7 Å². The number of carbonyl (C=O) groups is 1. The molecule has 0 aliphatic rings. The van der Waals surface area contributed by atoms with Crippen molar-refractivity contribution in [2.45, 2.75) is 174 Å². The van der Waals surface area contributed by atoms with Crippen LogP contribution in [0, 0.1) is 0 Å². The number of unbranched alkanes of at least 4 members (excludes halogenated alkanes) is 13. The quantitative estimate of drug-likeness (QED) is 0.0246. The Morgan fingerprint density at radius 3 is 1.56 bits per heavy atom. The molecular formula is C50H88N2O6P+. The van der Waals surface area contributed by atoms with E-state index in [0.29, 0.717) is 17.4 Å². The Hall–Kier alpha value is -2.58. The number of rotatable bonds is 40. The molecule has 0 heterocycles. The van der Waals surface area contributed by atoms with Crippen molar-refractivity contribution in [2.24, 2.45) is 0 Å². The summed E-state index contributed by atoms with van der Waals surface area (Å²) in [5, 5.41) is 13.8. The molecule has 0 rings (SSSR count). The number of aliphatic hydroxyl groups excluding tert-OH is 1. The van der Waals surface area contributed by atoms with Crippen LogP contribution in [-0.4, -0.2) is 73.4 Å². The number of allylic oxidation sites excluding steroid dienone is 15. The van der Waals surface area contributed by atoms with Gasteiger partial charge in [0.2, 0.25) is 5.91 Å². The summed E-state index contributed by atoms with van der Waals surface area (Å²) in [6, 6.07) is -0.892. The summed E-state index contributed by atoms with van der Waals surface area (Å²) in [5.41, 5.74) is 0. The number of carbonyl (C=O) groups excluding carboxylic acids is 1. The first-order valence-electron chi connectivity index (χ1n) is 23.1. The lowest BCUT2D eigenvalue weighted by molar-refractivity contribution is -0.870. The van der Waals surface area contributed by atoms with Crippen LogP contribution in [0.4, 0.5) is 0 Å². The second-order valence-electron chi connectivity index (χ2n) is 16.4. The van der Waals surface area contributed by atoms with Gasteiger partial charge in [-0.15, -0.1) is 0 Å². The summed E-state index contributed by atoms with van der Waals surface area (Å²) in [7, 11) is 1.51. The predicted octanol–water partition coefficient (Wildman–Crippen LogP) is 13.1. The van der Waals surface area contributed by atoms with Crippen LogP contribution in [0.2, 0.25) is 0 Å². The second kappa shape index (κ2) is 40.8.